The summed E-state index contributed by atoms with van der Waals surface area (Å²) in [6.45, 7) is 2.07. The average Bonchev–Trinajstić information content (AvgIpc) is 2.90. The van der Waals surface area contributed by atoms with E-state index >= 15 is 0 Å². The van der Waals surface area contributed by atoms with Gasteiger partial charge in [-0.05, 0) is 30.8 Å². The zero-order chi connectivity index (χ0) is 15.2. The number of benzene rings is 2. The van der Waals surface area contributed by atoms with Crippen molar-refractivity contribution in [2.75, 3.05) is 27.2 Å². The van der Waals surface area contributed by atoms with Crippen molar-refractivity contribution < 1.29 is 9.47 Å². The van der Waals surface area contributed by atoms with Crippen LogP contribution < -0.4 is 9.47 Å². The molecule has 2 unspecified atom stereocenters. The predicted octanol–water partition coefficient (Wildman–Crippen LogP) is 3.40. The highest BCUT2D eigenvalue weighted by atomic mass is 16.5. The van der Waals surface area contributed by atoms with Gasteiger partial charge in [-0.2, -0.15) is 0 Å². The Morgan fingerprint density at radius 3 is 2.91 bits per heavy atom. The molecule has 0 spiro atoms. The molecule has 0 radical (unpaired) electrons. The second kappa shape index (κ2) is 5.03. The molecule has 2 aliphatic rings. The van der Waals surface area contributed by atoms with Gasteiger partial charge in [-0.1, -0.05) is 30.3 Å². The van der Waals surface area contributed by atoms with E-state index in [2.05, 4.69) is 54.4 Å². The third kappa shape index (κ3) is 1.92. The largest absolute Gasteiger partial charge is 0.497 e. The number of likely N-dealkylation sites (tertiary alicyclic amines) is 1. The Morgan fingerprint density at radius 1 is 1.18 bits per heavy atom. The summed E-state index contributed by atoms with van der Waals surface area (Å²) in [5, 5.41) is 0. The molecule has 1 fully saturated rings. The molecule has 2 aliphatic heterocycles. The Morgan fingerprint density at radius 2 is 2.05 bits per heavy atom. The molecular formula is C19H21NO2. The number of fused-ring (bicyclic) bond motifs is 3. The Balaban J connectivity index is 1.84. The van der Waals surface area contributed by atoms with E-state index in [1.165, 1.54) is 11.1 Å². The monoisotopic (exact) mass is 295 g/mol. The first-order valence-electron chi connectivity index (χ1n) is 7.84. The van der Waals surface area contributed by atoms with Crippen LogP contribution in [0.4, 0.5) is 0 Å². The number of nitrogens with zero attached hydrogens (tertiary/aromatic N) is 1. The lowest BCUT2D eigenvalue weighted by molar-refractivity contribution is 0.00688. The van der Waals surface area contributed by atoms with E-state index in [-0.39, 0.29) is 5.60 Å². The van der Waals surface area contributed by atoms with Crippen LogP contribution >= 0.6 is 0 Å². The van der Waals surface area contributed by atoms with E-state index < -0.39 is 0 Å². The molecule has 0 N–H and O–H groups in total. The van der Waals surface area contributed by atoms with Crippen molar-refractivity contribution in [1.29, 1.82) is 0 Å². The first-order valence-corrected chi connectivity index (χ1v) is 7.84. The molecule has 22 heavy (non-hydrogen) atoms. The van der Waals surface area contributed by atoms with Crippen LogP contribution in [0.25, 0.3) is 0 Å². The number of hydrogen-bond donors (Lipinski definition) is 0. The van der Waals surface area contributed by atoms with Crippen molar-refractivity contribution in [3.05, 3.63) is 59.7 Å². The van der Waals surface area contributed by atoms with Crippen LogP contribution in [0, 0.1) is 0 Å². The summed E-state index contributed by atoms with van der Waals surface area (Å²) in [5.41, 5.74) is 2.29. The number of piperidine rings is 1. The van der Waals surface area contributed by atoms with Crippen molar-refractivity contribution >= 4 is 0 Å². The van der Waals surface area contributed by atoms with Crippen LogP contribution in [0.3, 0.4) is 0 Å². The molecule has 0 bridgehead atoms. The summed E-state index contributed by atoms with van der Waals surface area (Å²) < 4.78 is 12.0. The van der Waals surface area contributed by atoms with Crippen molar-refractivity contribution in [1.82, 2.24) is 4.90 Å². The van der Waals surface area contributed by atoms with Crippen molar-refractivity contribution in [3.63, 3.8) is 0 Å². The minimum Gasteiger partial charge on any atom is -0.497 e. The number of likely N-dealkylation sites (N-methyl/N-ethyl adjacent to an activating group) is 1. The van der Waals surface area contributed by atoms with Crippen molar-refractivity contribution in [3.8, 4) is 11.5 Å². The number of rotatable bonds is 2. The zero-order valence-electron chi connectivity index (χ0n) is 13.1. The van der Waals surface area contributed by atoms with Gasteiger partial charge < -0.3 is 14.4 Å². The molecule has 2 heterocycles. The third-order valence-corrected chi connectivity index (χ3v) is 5.07. The molecule has 4 rings (SSSR count). The molecule has 3 nitrogen and oxygen atoms in total. The van der Waals surface area contributed by atoms with Crippen LogP contribution in [-0.2, 0) is 5.60 Å². The Labute approximate surface area is 131 Å². The summed E-state index contributed by atoms with van der Waals surface area (Å²) in [4.78, 5) is 2.40. The molecule has 2 atom stereocenters. The van der Waals surface area contributed by atoms with Gasteiger partial charge in [0.15, 0.2) is 0 Å². The van der Waals surface area contributed by atoms with E-state index in [0.29, 0.717) is 5.92 Å². The number of para-hydroxylation sites is 1. The van der Waals surface area contributed by atoms with E-state index in [4.69, 9.17) is 9.47 Å². The Hall–Kier alpha value is -2.00. The Kier molecular flexibility index (Phi) is 3.12. The lowest BCUT2D eigenvalue weighted by atomic mass is 9.74. The minimum absolute atomic E-state index is 0.259. The maximum atomic E-state index is 6.55. The zero-order valence-corrected chi connectivity index (χ0v) is 13.1. The molecule has 0 saturated carbocycles. The highest BCUT2D eigenvalue weighted by Gasteiger charge is 2.52. The average molecular weight is 295 g/mol. The van der Waals surface area contributed by atoms with Gasteiger partial charge in [0.25, 0.3) is 0 Å². The van der Waals surface area contributed by atoms with E-state index in [1.807, 2.05) is 6.07 Å². The van der Waals surface area contributed by atoms with Gasteiger partial charge in [0.2, 0.25) is 0 Å². The minimum atomic E-state index is -0.259. The maximum absolute atomic E-state index is 6.55. The van der Waals surface area contributed by atoms with Gasteiger partial charge >= 0.3 is 0 Å². The molecule has 2 aromatic carbocycles. The number of ether oxygens (including phenoxy) is 2. The first kappa shape index (κ1) is 13.6. The van der Waals surface area contributed by atoms with Crippen molar-refractivity contribution in [2.45, 2.75) is 17.9 Å². The van der Waals surface area contributed by atoms with Crippen molar-refractivity contribution in [2.24, 2.45) is 0 Å². The first-order chi connectivity index (χ1) is 10.7. The number of methoxy groups -OCH3 is 1. The molecule has 3 heteroatoms. The van der Waals surface area contributed by atoms with Gasteiger partial charge in [-0.15, -0.1) is 0 Å². The third-order valence-electron chi connectivity index (χ3n) is 5.07. The standard InChI is InChI=1S/C19H21NO2/c1-20-11-10-19(14-6-5-7-15(12-14)21-2)17(13-20)16-8-3-4-9-18(16)22-19/h3-9,12,17H,10-11,13H2,1-2H3. The van der Waals surface area contributed by atoms with E-state index in [0.717, 1.165) is 31.0 Å². The van der Waals surface area contributed by atoms with Crippen LogP contribution in [0.15, 0.2) is 48.5 Å². The summed E-state index contributed by atoms with van der Waals surface area (Å²) >= 11 is 0. The van der Waals surface area contributed by atoms with Gasteiger partial charge in [0, 0.05) is 31.0 Å². The second-order valence-corrected chi connectivity index (χ2v) is 6.33. The fourth-order valence-electron chi connectivity index (χ4n) is 3.90. The van der Waals surface area contributed by atoms with E-state index in [9.17, 15) is 0 Å². The van der Waals surface area contributed by atoms with Crippen LogP contribution in [0.2, 0.25) is 0 Å². The molecule has 0 aliphatic carbocycles. The maximum Gasteiger partial charge on any atom is 0.143 e. The lowest BCUT2D eigenvalue weighted by Crippen LogP contribution is -2.47. The summed E-state index contributed by atoms with van der Waals surface area (Å²) in [6.07, 6.45) is 0.996. The SMILES string of the molecule is COc1cccc(C23CCN(C)CC2c2ccccc2O3)c1. The predicted molar refractivity (Wildman–Crippen MR) is 86.6 cm³/mol. The Bertz CT molecular complexity index is 699. The molecule has 2 aromatic rings. The topological polar surface area (TPSA) is 21.7 Å². The normalized spacial score (nSPS) is 26.9. The van der Waals surface area contributed by atoms with Gasteiger partial charge in [-0.25, -0.2) is 0 Å². The fourth-order valence-corrected chi connectivity index (χ4v) is 3.90. The summed E-state index contributed by atoms with van der Waals surface area (Å²) in [7, 11) is 3.91. The smallest absolute Gasteiger partial charge is 0.143 e. The molecule has 1 saturated heterocycles. The lowest BCUT2D eigenvalue weighted by Gasteiger charge is -2.42. The number of hydrogen-bond acceptors (Lipinski definition) is 3. The highest BCUT2D eigenvalue weighted by Crippen LogP contribution is 2.54. The molecule has 0 aromatic heterocycles. The van der Waals surface area contributed by atoms with Gasteiger partial charge in [0.1, 0.15) is 17.1 Å². The highest BCUT2D eigenvalue weighted by molar-refractivity contribution is 5.48. The van der Waals surface area contributed by atoms with Crippen LogP contribution in [-0.4, -0.2) is 32.1 Å². The van der Waals surface area contributed by atoms with Gasteiger partial charge in [-0.3, -0.25) is 0 Å². The summed E-state index contributed by atoms with van der Waals surface area (Å²) in [6, 6.07) is 16.8. The molecule has 0 amide bonds. The van der Waals surface area contributed by atoms with Gasteiger partial charge in [0.05, 0.1) is 7.11 Å². The second-order valence-electron chi connectivity index (χ2n) is 6.33. The molecule has 114 valence electrons. The van der Waals surface area contributed by atoms with Crippen LogP contribution in [0.1, 0.15) is 23.5 Å². The van der Waals surface area contributed by atoms with E-state index in [1.54, 1.807) is 7.11 Å². The molecular weight excluding hydrogens is 274 g/mol. The fraction of sp³-hybridized carbons (Fsp3) is 0.368. The quantitative estimate of drug-likeness (QED) is 0.847. The van der Waals surface area contributed by atoms with Crippen LogP contribution in [0.5, 0.6) is 11.5 Å². The summed E-state index contributed by atoms with van der Waals surface area (Å²) in [5.74, 6) is 2.30.